The SMILES string of the molecule is O=C(O[C@H]1[C@H](O[C@@H]2CCO[C@H](CO)[C@H]2O[C@@H]2OC[C@@H](O)[C@@H](O)[C@@H]2O)O[C@H](CO)[C@H](O)[C@@H]1O[C@@H](CC1CCCCC1)C(=O)[O-])c1ccccc1.[Na+]. The first-order valence-corrected chi connectivity index (χ1v) is 16.9. The number of carbonyl (C=O) groups is 2. The minimum atomic E-state index is -1.67. The van der Waals surface area contributed by atoms with Gasteiger partial charge in [-0.1, -0.05) is 50.3 Å². The number of esters is 1. The van der Waals surface area contributed by atoms with Crippen LogP contribution in [0.15, 0.2) is 30.3 Å². The van der Waals surface area contributed by atoms with Gasteiger partial charge in [-0.3, -0.25) is 0 Å². The largest absolute Gasteiger partial charge is 1.00 e. The maximum atomic E-state index is 13.4. The van der Waals surface area contributed by atoms with Gasteiger partial charge in [-0.15, -0.1) is 0 Å². The second-order valence-electron chi connectivity index (χ2n) is 13.0. The summed E-state index contributed by atoms with van der Waals surface area (Å²) in [4.78, 5) is 25.8. The minimum Gasteiger partial charge on any atom is -0.547 e. The van der Waals surface area contributed by atoms with E-state index in [0.717, 1.165) is 32.1 Å². The number of carbonyl (C=O) groups excluding carboxylic acids is 2. The van der Waals surface area contributed by atoms with E-state index in [1.165, 1.54) is 12.1 Å². The van der Waals surface area contributed by atoms with Crippen molar-refractivity contribution >= 4 is 11.9 Å². The van der Waals surface area contributed by atoms with Gasteiger partial charge in [-0.25, -0.2) is 4.79 Å². The molecule has 13 atom stereocenters. The molecule has 0 bridgehead atoms. The number of carboxylic acid groups (broad SMARTS) is 1. The molecule has 0 unspecified atom stereocenters. The van der Waals surface area contributed by atoms with Crippen molar-refractivity contribution in [2.75, 3.05) is 26.4 Å². The van der Waals surface area contributed by atoms with Crippen LogP contribution in [-0.2, 0) is 38.0 Å². The van der Waals surface area contributed by atoms with Crippen LogP contribution in [0.25, 0.3) is 0 Å². The molecule has 3 aliphatic heterocycles. The molecule has 1 aromatic rings. The molecule has 0 radical (unpaired) electrons. The van der Waals surface area contributed by atoms with Crippen LogP contribution in [0, 0.1) is 5.92 Å². The van der Waals surface area contributed by atoms with Crippen molar-refractivity contribution in [2.45, 2.75) is 125 Å². The number of hydrogen-bond acceptors (Lipinski definition) is 16. The van der Waals surface area contributed by atoms with Gasteiger partial charge in [0.25, 0.3) is 0 Å². The third-order valence-corrected chi connectivity index (χ3v) is 9.61. The molecule has 1 aromatic carbocycles. The fourth-order valence-corrected chi connectivity index (χ4v) is 6.86. The fraction of sp³-hybridized carbons (Fsp3) is 0.758. The summed E-state index contributed by atoms with van der Waals surface area (Å²) in [5.74, 6) is -2.34. The molecular formula is C33H47NaO16. The molecule has 276 valence electrons. The Morgan fingerprint density at radius 3 is 2.18 bits per heavy atom. The van der Waals surface area contributed by atoms with Crippen LogP contribution in [0.2, 0.25) is 0 Å². The quantitative estimate of drug-likeness (QED) is 0.0823. The average molecular weight is 723 g/mol. The first-order chi connectivity index (χ1) is 23.6. The van der Waals surface area contributed by atoms with Gasteiger partial charge in [0.05, 0.1) is 43.6 Å². The van der Waals surface area contributed by atoms with E-state index in [1.54, 1.807) is 18.2 Å². The summed E-state index contributed by atoms with van der Waals surface area (Å²) in [6, 6.07) is 7.90. The van der Waals surface area contributed by atoms with Crippen LogP contribution >= 0.6 is 0 Å². The molecule has 0 aromatic heterocycles. The molecular weight excluding hydrogens is 675 g/mol. The zero-order valence-corrected chi connectivity index (χ0v) is 30.0. The van der Waals surface area contributed by atoms with Gasteiger partial charge in [-0.05, 0) is 30.9 Å². The second-order valence-corrected chi connectivity index (χ2v) is 13.0. The topological polar surface area (TPSA) is 243 Å². The van der Waals surface area contributed by atoms with Gasteiger partial charge in [0.1, 0.15) is 48.8 Å². The van der Waals surface area contributed by atoms with E-state index in [0.29, 0.717) is 0 Å². The van der Waals surface area contributed by atoms with Gasteiger partial charge >= 0.3 is 35.5 Å². The molecule has 5 rings (SSSR count). The summed E-state index contributed by atoms with van der Waals surface area (Å²) in [7, 11) is 0. The Labute approximate surface area is 311 Å². The first kappa shape index (κ1) is 41.4. The smallest absolute Gasteiger partial charge is 0.547 e. The van der Waals surface area contributed by atoms with E-state index in [2.05, 4.69) is 0 Å². The van der Waals surface area contributed by atoms with Crippen molar-refractivity contribution in [1.82, 2.24) is 0 Å². The van der Waals surface area contributed by atoms with E-state index in [1.807, 2.05) is 0 Å². The zero-order valence-electron chi connectivity index (χ0n) is 28.0. The summed E-state index contributed by atoms with van der Waals surface area (Å²) in [6.07, 6.45) is -13.9. The fourth-order valence-electron chi connectivity index (χ4n) is 6.86. The summed E-state index contributed by atoms with van der Waals surface area (Å²) in [5, 5.41) is 74.6. The molecule has 3 heterocycles. The average Bonchev–Trinajstić information content (AvgIpc) is 3.11. The number of hydrogen-bond donors (Lipinski definition) is 6. The molecule has 0 spiro atoms. The van der Waals surface area contributed by atoms with Crippen molar-refractivity contribution in [1.29, 1.82) is 0 Å². The van der Waals surface area contributed by atoms with E-state index in [-0.39, 0.29) is 67.1 Å². The van der Waals surface area contributed by atoms with Gasteiger partial charge in [0.15, 0.2) is 18.7 Å². The standard InChI is InChI=1S/C33H48O16.Na/c34-14-22-25(38)28(45-21(30(40)41)13-17-7-3-1-4-8-17)29(48-31(42)18-9-5-2-6-10-18)33(47-22)46-20-11-12-43-23(15-35)27(20)49-32-26(39)24(37)19(36)16-44-32;/h2,5-6,9-10,17,19-29,32-39H,1,3-4,7-8,11-16H2,(H,40,41);/q;+1/p-1/t19-,20-,21+,22-,23-,24-,25+,26+,27+,28+,29-,32+,33-;/m1./s1. The summed E-state index contributed by atoms with van der Waals surface area (Å²) >= 11 is 0. The molecule has 4 fully saturated rings. The predicted octanol–water partition coefficient (Wildman–Crippen LogP) is -5.24. The zero-order chi connectivity index (χ0) is 35.1. The summed E-state index contributed by atoms with van der Waals surface area (Å²) in [5.41, 5.74) is 0.134. The van der Waals surface area contributed by atoms with Gasteiger partial charge in [-0.2, -0.15) is 0 Å². The Morgan fingerprint density at radius 1 is 0.820 bits per heavy atom. The number of aliphatic hydroxyl groups excluding tert-OH is 6. The van der Waals surface area contributed by atoms with Crippen molar-refractivity contribution in [3.63, 3.8) is 0 Å². The van der Waals surface area contributed by atoms with Crippen LogP contribution in [0.3, 0.4) is 0 Å². The van der Waals surface area contributed by atoms with E-state index >= 15 is 0 Å². The first-order valence-electron chi connectivity index (χ1n) is 16.9. The molecule has 3 saturated heterocycles. The van der Waals surface area contributed by atoms with Crippen molar-refractivity contribution in [3.8, 4) is 0 Å². The van der Waals surface area contributed by atoms with Gasteiger partial charge in [0, 0.05) is 6.61 Å². The monoisotopic (exact) mass is 722 g/mol. The van der Waals surface area contributed by atoms with Crippen molar-refractivity contribution in [2.24, 2.45) is 5.92 Å². The molecule has 16 nitrogen and oxygen atoms in total. The molecule has 1 aliphatic carbocycles. The number of carboxylic acids is 1. The van der Waals surface area contributed by atoms with E-state index in [4.69, 9.17) is 33.2 Å². The number of ether oxygens (including phenoxy) is 7. The Kier molecular flexibility index (Phi) is 16.3. The summed E-state index contributed by atoms with van der Waals surface area (Å²) < 4.78 is 41.1. The van der Waals surface area contributed by atoms with Crippen molar-refractivity contribution in [3.05, 3.63) is 35.9 Å². The van der Waals surface area contributed by atoms with Crippen LogP contribution in [0.5, 0.6) is 0 Å². The van der Waals surface area contributed by atoms with E-state index in [9.17, 15) is 45.3 Å². The summed E-state index contributed by atoms with van der Waals surface area (Å²) in [6.45, 7) is -1.60. The predicted molar refractivity (Wildman–Crippen MR) is 161 cm³/mol. The van der Waals surface area contributed by atoms with Crippen LogP contribution < -0.4 is 34.7 Å². The molecule has 1 saturated carbocycles. The Bertz CT molecular complexity index is 1190. The molecule has 4 aliphatic rings. The third kappa shape index (κ3) is 10.2. The van der Waals surface area contributed by atoms with Crippen LogP contribution in [0.4, 0.5) is 0 Å². The Morgan fingerprint density at radius 2 is 1.52 bits per heavy atom. The van der Waals surface area contributed by atoms with Gasteiger partial charge in [0.2, 0.25) is 0 Å². The molecule has 50 heavy (non-hydrogen) atoms. The van der Waals surface area contributed by atoms with Crippen LogP contribution in [0.1, 0.15) is 55.3 Å². The van der Waals surface area contributed by atoms with E-state index < -0.39 is 105 Å². The van der Waals surface area contributed by atoms with Crippen LogP contribution in [-0.4, -0.2) is 149 Å². The number of benzene rings is 1. The van der Waals surface area contributed by atoms with Gasteiger partial charge < -0.3 is 73.7 Å². The maximum Gasteiger partial charge on any atom is 1.00 e. The Hall–Kier alpha value is -1.32. The van der Waals surface area contributed by atoms with Crippen molar-refractivity contribution < 1.29 is 108 Å². The molecule has 0 amide bonds. The number of aliphatic hydroxyl groups is 6. The second kappa shape index (κ2) is 19.7. The number of aliphatic carboxylic acids is 1. The normalized spacial score (nSPS) is 37.3. The third-order valence-electron chi connectivity index (χ3n) is 9.61. The minimum absolute atomic E-state index is 0. The molecule has 17 heteroatoms. The maximum absolute atomic E-state index is 13.4. The number of rotatable bonds is 13. The molecule has 6 N–H and O–H groups in total. The Balaban J connectivity index is 0.00000562.